The van der Waals surface area contributed by atoms with E-state index in [0.717, 1.165) is 56.9 Å². The van der Waals surface area contributed by atoms with E-state index in [4.69, 9.17) is 35.4 Å². The molecule has 5 aromatic rings. The second-order valence-electron chi connectivity index (χ2n) is 10.6. The topological polar surface area (TPSA) is 142 Å². The number of nitrogens with zero attached hydrogens (tertiary/aromatic N) is 2. The van der Waals surface area contributed by atoms with E-state index in [-0.39, 0.29) is 20.7 Å². The number of hydrogen-bond acceptors (Lipinski definition) is 8. The van der Waals surface area contributed by atoms with Gasteiger partial charge in [0, 0.05) is 34.6 Å². The quantitative estimate of drug-likeness (QED) is 0.0692. The molecule has 2 heterocycles. The molecule has 48 heavy (non-hydrogen) atoms. The summed E-state index contributed by atoms with van der Waals surface area (Å²) >= 11 is 18.4. The van der Waals surface area contributed by atoms with Gasteiger partial charge in [-0.05, 0) is 58.7 Å². The fourth-order valence-electron chi connectivity index (χ4n) is 5.18. The van der Waals surface area contributed by atoms with E-state index in [9.17, 15) is 28.1 Å². The van der Waals surface area contributed by atoms with Crippen molar-refractivity contribution < 1.29 is 22.9 Å². The van der Waals surface area contributed by atoms with Gasteiger partial charge >= 0.3 is 0 Å². The monoisotopic (exact) mass is 736 g/mol. The van der Waals surface area contributed by atoms with Gasteiger partial charge in [0.15, 0.2) is 0 Å². The largest absolute Gasteiger partial charge is 0.361 e. The predicted octanol–water partition coefficient (Wildman–Crippen LogP) is 7.37. The molecule has 1 aliphatic heterocycles. The summed E-state index contributed by atoms with van der Waals surface area (Å²) in [7, 11) is -4.64. The zero-order valence-corrected chi connectivity index (χ0v) is 28.4. The molecule has 6 rings (SSSR count). The SMILES string of the molecule is O=C(NS(=O)(=O)c1ccc(Cl)c([N+](=O)[O-])c1)[C@H](Cc1c[nH]c2ccccc12)N1C(=O)/C(=C/c2ccc(-c3ccc(Cl)cc3)cc2)SC1=S. The second-order valence-corrected chi connectivity index (χ2v) is 14.8. The van der Waals surface area contributed by atoms with Gasteiger partial charge in [0.2, 0.25) is 0 Å². The number of rotatable bonds is 9. The summed E-state index contributed by atoms with van der Waals surface area (Å²) in [6.07, 6.45) is 3.23. The number of carbonyl (C=O) groups excluding carboxylic acids is 2. The lowest BCUT2D eigenvalue weighted by Gasteiger charge is -2.26. The van der Waals surface area contributed by atoms with Gasteiger partial charge in [0.05, 0.1) is 14.7 Å². The van der Waals surface area contributed by atoms with Crippen molar-refractivity contribution in [1.29, 1.82) is 0 Å². The standard InChI is InChI=1S/C33H22Cl2N4O6S3/c34-23-11-9-21(10-12-23)20-7-5-19(6-8-20)15-30-32(41)38(33(46)47-30)29(16-22-18-36-27-4-2-1-3-25(22)27)31(40)37-48(44,45)24-13-14-26(35)28(17-24)39(42)43/h1-15,17-18,29,36H,16H2,(H,37,40)/b30-15-/t29-/m0/s1. The number of nitrogens with one attached hydrogen (secondary N) is 2. The van der Waals surface area contributed by atoms with Crippen molar-refractivity contribution in [2.75, 3.05) is 0 Å². The number of thioether (sulfide) groups is 1. The van der Waals surface area contributed by atoms with Crippen molar-refractivity contribution >= 4 is 96.0 Å². The molecule has 4 aromatic carbocycles. The van der Waals surface area contributed by atoms with Crippen LogP contribution in [0, 0.1) is 10.1 Å². The number of amides is 2. The van der Waals surface area contributed by atoms with E-state index in [1.165, 1.54) is 0 Å². The zero-order valence-electron chi connectivity index (χ0n) is 24.4. The van der Waals surface area contributed by atoms with E-state index >= 15 is 0 Å². The lowest BCUT2D eigenvalue weighted by atomic mass is 10.0. The van der Waals surface area contributed by atoms with Crippen LogP contribution < -0.4 is 4.72 Å². The van der Waals surface area contributed by atoms with E-state index in [2.05, 4.69) is 4.98 Å². The summed E-state index contributed by atoms with van der Waals surface area (Å²) in [5, 5.41) is 12.5. The van der Waals surface area contributed by atoms with E-state index in [1.807, 2.05) is 65.4 Å². The van der Waals surface area contributed by atoms with E-state index < -0.39 is 43.4 Å². The highest BCUT2D eigenvalue weighted by Crippen LogP contribution is 2.36. The maximum Gasteiger partial charge on any atom is 0.289 e. The zero-order chi connectivity index (χ0) is 34.2. The number of hydrogen-bond donors (Lipinski definition) is 2. The number of benzene rings is 4. The van der Waals surface area contributed by atoms with Crippen LogP contribution in [-0.4, -0.2) is 45.4 Å². The number of para-hydroxylation sites is 1. The van der Waals surface area contributed by atoms with Crippen molar-refractivity contribution in [3.63, 3.8) is 0 Å². The Hall–Kier alpha value is -4.53. The number of nitro benzene ring substituents is 1. The molecule has 1 atom stereocenters. The number of fused-ring (bicyclic) bond motifs is 1. The van der Waals surface area contributed by atoms with Crippen LogP contribution in [0.25, 0.3) is 28.1 Å². The Morgan fingerprint density at radius 1 is 1.02 bits per heavy atom. The minimum Gasteiger partial charge on any atom is -0.361 e. The van der Waals surface area contributed by atoms with Gasteiger partial charge in [-0.3, -0.25) is 24.6 Å². The summed E-state index contributed by atoms with van der Waals surface area (Å²) in [6, 6.07) is 23.6. The van der Waals surface area contributed by atoms with Crippen LogP contribution in [0.2, 0.25) is 10.0 Å². The van der Waals surface area contributed by atoms with E-state index in [0.29, 0.717) is 16.1 Å². The first-order valence-corrected chi connectivity index (χ1v) is 17.6. The molecule has 1 aromatic heterocycles. The number of sulfonamides is 1. The van der Waals surface area contributed by atoms with Gasteiger partial charge in [-0.1, -0.05) is 102 Å². The number of aromatic nitrogens is 1. The van der Waals surface area contributed by atoms with Gasteiger partial charge in [0.1, 0.15) is 15.4 Å². The Morgan fingerprint density at radius 2 is 1.69 bits per heavy atom. The molecule has 1 saturated heterocycles. The Bertz CT molecular complexity index is 2260. The molecule has 2 N–H and O–H groups in total. The molecule has 10 nitrogen and oxygen atoms in total. The summed E-state index contributed by atoms with van der Waals surface area (Å²) < 4.78 is 28.7. The van der Waals surface area contributed by atoms with Crippen LogP contribution >= 0.6 is 47.2 Å². The van der Waals surface area contributed by atoms with Crippen molar-refractivity contribution in [2.24, 2.45) is 0 Å². The molecule has 0 aliphatic carbocycles. The number of carbonyl (C=O) groups is 2. The highest BCUT2D eigenvalue weighted by molar-refractivity contribution is 8.26. The first kappa shape index (κ1) is 33.4. The van der Waals surface area contributed by atoms with Gasteiger partial charge in [-0.25, -0.2) is 13.1 Å². The van der Waals surface area contributed by atoms with Crippen LogP contribution in [0.3, 0.4) is 0 Å². The number of nitro groups is 1. The molecular weight excluding hydrogens is 715 g/mol. The van der Waals surface area contributed by atoms with Crippen LogP contribution in [0.5, 0.6) is 0 Å². The molecule has 2 amide bonds. The van der Waals surface area contributed by atoms with Crippen molar-refractivity contribution in [1.82, 2.24) is 14.6 Å². The molecule has 1 aliphatic rings. The minimum absolute atomic E-state index is 0.0588. The van der Waals surface area contributed by atoms with E-state index in [1.54, 1.807) is 24.4 Å². The number of H-pyrrole nitrogens is 1. The third kappa shape index (κ3) is 6.86. The Labute approximate surface area is 293 Å². The first-order valence-electron chi connectivity index (χ1n) is 14.1. The molecule has 1 fully saturated rings. The third-order valence-electron chi connectivity index (χ3n) is 7.57. The molecule has 242 valence electrons. The highest BCUT2D eigenvalue weighted by atomic mass is 35.5. The number of aromatic amines is 1. The average molecular weight is 738 g/mol. The molecule has 0 radical (unpaired) electrons. The normalized spacial score (nSPS) is 14.9. The van der Waals surface area contributed by atoms with Gasteiger partial charge in [0.25, 0.3) is 27.5 Å². The van der Waals surface area contributed by atoms with Crippen molar-refractivity contribution in [3.8, 4) is 11.1 Å². The fourth-order valence-corrected chi connectivity index (χ4v) is 7.89. The molecule has 0 saturated carbocycles. The fraction of sp³-hybridized carbons (Fsp3) is 0.0606. The lowest BCUT2D eigenvalue weighted by molar-refractivity contribution is -0.384. The molecule has 0 spiro atoms. The van der Waals surface area contributed by atoms with Crippen molar-refractivity contribution in [2.45, 2.75) is 17.4 Å². The summed E-state index contributed by atoms with van der Waals surface area (Å²) in [5.41, 5.74) is 3.38. The Kier molecular flexibility index (Phi) is 9.41. The predicted molar refractivity (Wildman–Crippen MR) is 191 cm³/mol. The van der Waals surface area contributed by atoms with Crippen LogP contribution in [0.4, 0.5) is 5.69 Å². The van der Waals surface area contributed by atoms with Crippen LogP contribution in [-0.2, 0) is 26.0 Å². The number of thiocarbonyl (C=S) groups is 1. The Morgan fingerprint density at radius 3 is 2.38 bits per heavy atom. The second kappa shape index (κ2) is 13.5. The molecule has 0 unspecified atom stereocenters. The highest BCUT2D eigenvalue weighted by Gasteiger charge is 2.42. The summed E-state index contributed by atoms with van der Waals surface area (Å²) in [4.78, 5) is 42.2. The van der Waals surface area contributed by atoms with Crippen LogP contribution in [0.1, 0.15) is 11.1 Å². The molecular formula is C33H22Cl2N4O6S3. The average Bonchev–Trinajstić information content (AvgIpc) is 3.59. The first-order chi connectivity index (χ1) is 22.9. The lowest BCUT2D eigenvalue weighted by Crippen LogP contribution is -2.51. The maximum atomic E-state index is 13.9. The van der Waals surface area contributed by atoms with Gasteiger partial charge in [-0.2, -0.15) is 0 Å². The van der Waals surface area contributed by atoms with Gasteiger partial charge < -0.3 is 4.98 Å². The Balaban J connectivity index is 1.31. The number of halogens is 2. The molecule has 0 bridgehead atoms. The molecule has 15 heteroatoms. The summed E-state index contributed by atoms with van der Waals surface area (Å²) in [6.45, 7) is 0. The van der Waals surface area contributed by atoms with Crippen LogP contribution in [0.15, 0.2) is 107 Å². The minimum atomic E-state index is -4.64. The summed E-state index contributed by atoms with van der Waals surface area (Å²) in [5.74, 6) is -1.63. The maximum absolute atomic E-state index is 13.9. The van der Waals surface area contributed by atoms with Gasteiger partial charge in [-0.15, -0.1) is 0 Å². The van der Waals surface area contributed by atoms with Crippen molar-refractivity contribution in [3.05, 3.63) is 133 Å². The smallest absolute Gasteiger partial charge is 0.289 e. The third-order valence-corrected chi connectivity index (χ3v) is 10.8.